The lowest BCUT2D eigenvalue weighted by molar-refractivity contribution is -0.0757. The van der Waals surface area contributed by atoms with E-state index in [2.05, 4.69) is 0 Å². The minimum atomic E-state index is -3.75. The minimum Gasteiger partial charge on any atom is -0.274 e. The average Bonchev–Trinajstić information content (AvgIpc) is 2.66. The lowest BCUT2D eigenvalue weighted by atomic mass is 10.0. The summed E-state index contributed by atoms with van der Waals surface area (Å²) in [6.07, 6.45) is 0.654. The Labute approximate surface area is 157 Å². The zero-order valence-corrected chi connectivity index (χ0v) is 16.0. The van der Waals surface area contributed by atoms with Gasteiger partial charge in [-0.2, -0.15) is 4.31 Å². The molecule has 0 bridgehead atoms. The summed E-state index contributed by atoms with van der Waals surface area (Å²) in [5.74, 6) is -0.515. The van der Waals surface area contributed by atoms with E-state index in [1.165, 1.54) is 36.7 Å². The van der Waals surface area contributed by atoms with E-state index < -0.39 is 15.9 Å². The first-order valence-corrected chi connectivity index (χ1v) is 9.85. The molecule has 1 aliphatic heterocycles. The van der Waals surface area contributed by atoms with Crippen molar-refractivity contribution >= 4 is 27.5 Å². The van der Waals surface area contributed by atoms with Gasteiger partial charge in [0, 0.05) is 20.1 Å². The zero-order chi connectivity index (χ0) is 18.9. The second kappa shape index (κ2) is 7.36. The standard InChI is InChI=1S/C18H19ClN2O4S/c1-20(25-2)18(22)16-11-15(7-8-17(16)19)26(23,24)21-10-9-13-5-3-4-6-14(13)12-21/h3-8,11H,9-10,12H2,1-2H3. The Kier molecular flexibility index (Phi) is 5.34. The number of hydrogen-bond donors (Lipinski definition) is 0. The van der Waals surface area contributed by atoms with Crippen LogP contribution in [0.4, 0.5) is 0 Å². The van der Waals surface area contributed by atoms with Gasteiger partial charge in [-0.3, -0.25) is 9.63 Å². The van der Waals surface area contributed by atoms with Gasteiger partial charge in [0.25, 0.3) is 5.91 Å². The molecule has 0 N–H and O–H groups in total. The van der Waals surface area contributed by atoms with Gasteiger partial charge in [-0.1, -0.05) is 35.9 Å². The van der Waals surface area contributed by atoms with Crippen LogP contribution in [0, 0.1) is 0 Å². The van der Waals surface area contributed by atoms with Crippen LogP contribution in [-0.2, 0) is 27.8 Å². The van der Waals surface area contributed by atoms with Crippen molar-refractivity contribution in [3.63, 3.8) is 0 Å². The van der Waals surface area contributed by atoms with Crippen molar-refractivity contribution in [3.05, 3.63) is 64.2 Å². The van der Waals surface area contributed by atoms with E-state index in [1.54, 1.807) is 0 Å². The van der Waals surface area contributed by atoms with Crippen LogP contribution in [0.25, 0.3) is 0 Å². The van der Waals surface area contributed by atoms with Crippen LogP contribution >= 0.6 is 11.6 Å². The molecule has 0 radical (unpaired) electrons. The van der Waals surface area contributed by atoms with Crippen LogP contribution in [0.15, 0.2) is 47.4 Å². The summed E-state index contributed by atoms with van der Waals surface area (Å²) in [6.45, 7) is 0.700. The summed E-state index contributed by atoms with van der Waals surface area (Å²) >= 11 is 6.08. The third kappa shape index (κ3) is 3.48. The first kappa shape index (κ1) is 18.8. The third-order valence-electron chi connectivity index (χ3n) is 4.46. The molecule has 138 valence electrons. The van der Waals surface area contributed by atoms with Gasteiger partial charge in [-0.05, 0) is 35.7 Å². The van der Waals surface area contributed by atoms with Crippen LogP contribution in [0.5, 0.6) is 0 Å². The van der Waals surface area contributed by atoms with Gasteiger partial charge >= 0.3 is 0 Å². The van der Waals surface area contributed by atoms with Crippen molar-refractivity contribution < 1.29 is 18.0 Å². The molecule has 1 amide bonds. The number of amides is 1. The van der Waals surface area contributed by atoms with Crippen molar-refractivity contribution in [3.8, 4) is 0 Å². The van der Waals surface area contributed by atoms with Crippen LogP contribution in [0.1, 0.15) is 21.5 Å². The fourth-order valence-corrected chi connectivity index (χ4v) is 4.55. The van der Waals surface area contributed by atoms with Crippen LogP contribution in [0.3, 0.4) is 0 Å². The number of rotatable bonds is 4. The molecule has 6 nitrogen and oxygen atoms in total. The molecule has 1 aliphatic rings. The number of fused-ring (bicyclic) bond motifs is 1. The first-order chi connectivity index (χ1) is 12.3. The van der Waals surface area contributed by atoms with Gasteiger partial charge < -0.3 is 0 Å². The van der Waals surface area contributed by atoms with E-state index in [0.29, 0.717) is 19.5 Å². The molecule has 0 unspecified atom stereocenters. The van der Waals surface area contributed by atoms with E-state index >= 15 is 0 Å². The molecule has 3 rings (SSSR count). The largest absolute Gasteiger partial charge is 0.278 e. The molecule has 0 spiro atoms. The summed E-state index contributed by atoms with van der Waals surface area (Å²) in [7, 11) is -0.970. The fourth-order valence-electron chi connectivity index (χ4n) is 2.91. The molecular weight excluding hydrogens is 376 g/mol. The Morgan fingerprint density at radius 3 is 2.58 bits per heavy atom. The summed E-state index contributed by atoms with van der Waals surface area (Å²) in [5, 5.41) is 1.16. The van der Waals surface area contributed by atoms with Crippen molar-refractivity contribution in [2.24, 2.45) is 0 Å². The Balaban J connectivity index is 1.94. The molecule has 2 aromatic rings. The van der Waals surface area contributed by atoms with Gasteiger partial charge in [0.2, 0.25) is 10.0 Å². The molecule has 0 aromatic heterocycles. The molecule has 2 aromatic carbocycles. The highest BCUT2D eigenvalue weighted by Crippen LogP contribution is 2.27. The quantitative estimate of drug-likeness (QED) is 0.748. The normalized spacial score (nSPS) is 14.7. The molecular formula is C18H19ClN2O4S. The number of benzene rings is 2. The predicted octanol–water partition coefficient (Wildman–Crippen LogP) is 2.72. The lowest BCUT2D eigenvalue weighted by Gasteiger charge is -2.28. The first-order valence-electron chi connectivity index (χ1n) is 8.03. The van der Waals surface area contributed by atoms with Crippen LogP contribution in [0.2, 0.25) is 5.02 Å². The van der Waals surface area contributed by atoms with Gasteiger partial charge in [0.1, 0.15) is 0 Å². The molecule has 0 saturated carbocycles. The van der Waals surface area contributed by atoms with Crippen molar-refractivity contribution in [1.82, 2.24) is 9.37 Å². The minimum absolute atomic E-state index is 0.0362. The lowest BCUT2D eigenvalue weighted by Crippen LogP contribution is -2.36. The number of hydrogen-bond acceptors (Lipinski definition) is 4. The SMILES string of the molecule is CON(C)C(=O)c1cc(S(=O)(=O)N2CCc3ccccc3C2)ccc1Cl. The van der Waals surface area contributed by atoms with Crippen LogP contribution in [-0.4, -0.2) is 44.4 Å². The van der Waals surface area contributed by atoms with Gasteiger partial charge in [0.15, 0.2) is 0 Å². The van der Waals surface area contributed by atoms with E-state index in [0.717, 1.165) is 16.2 Å². The fraction of sp³-hybridized carbons (Fsp3) is 0.278. The number of carbonyl (C=O) groups excluding carboxylic acids is 1. The Morgan fingerprint density at radius 1 is 1.19 bits per heavy atom. The summed E-state index contributed by atoms with van der Waals surface area (Å²) in [5.41, 5.74) is 2.23. The zero-order valence-electron chi connectivity index (χ0n) is 14.5. The van der Waals surface area contributed by atoms with E-state index in [9.17, 15) is 13.2 Å². The summed E-state index contributed by atoms with van der Waals surface area (Å²) in [6, 6.07) is 11.9. The topological polar surface area (TPSA) is 66.9 Å². The maximum Gasteiger partial charge on any atom is 0.278 e. The molecule has 0 atom stereocenters. The summed E-state index contributed by atoms with van der Waals surface area (Å²) in [4.78, 5) is 17.2. The highest BCUT2D eigenvalue weighted by atomic mass is 35.5. The molecule has 0 saturated heterocycles. The second-order valence-corrected chi connectivity index (χ2v) is 8.33. The molecule has 0 fully saturated rings. The highest BCUT2D eigenvalue weighted by Gasteiger charge is 2.29. The van der Waals surface area contributed by atoms with Gasteiger partial charge in [0.05, 0.1) is 22.6 Å². The Morgan fingerprint density at radius 2 is 1.88 bits per heavy atom. The molecule has 0 aliphatic carbocycles. The van der Waals surface area contributed by atoms with Crippen molar-refractivity contribution in [2.75, 3.05) is 20.7 Å². The van der Waals surface area contributed by atoms with Gasteiger partial charge in [-0.25, -0.2) is 13.5 Å². The molecule has 8 heteroatoms. The molecule has 1 heterocycles. The Hall–Kier alpha value is -1.93. The van der Waals surface area contributed by atoms with E-state index in [-0.39, 0.29) is 15.5 Å². The number of nitrogens with zero attached hydrogens (tertiary/aromatic N) is 2. The van der Waals surface area contributed by atoms with E-state index in [4.69, 9.17) is 16.4 Å². The van der Waals surface area contributed by atoms with Gasteiger partial charge in [-0.15, -0.1) is 0 Å². The van der Waals surface area contributed by atoms with Crippen LogP contribution < -0.4 is 0 Å². The number of sulfonamides is 1. The summed E-state index contributed by atoms with van der Waals surface area (Å²) < 4.78 is 27.5. The second-order valence-electron chi connectivity index (χ2n) is 5.98. The van der Waals surface area contributed by atoms with E-state index in [1.807, 2.05) is 24.3 Å². The monoisotopic (exact) mass is 394 g/mol. The smallest absolute Gasteiger partial charge is 0.274 e. The van der Waals surface area contributed by atoms with Crippen molar-refractivity contribution in [1.29, 1.82) is 0 Å². The number of hydroxylamine groups is 2. The Bertz CT molecular complexity index is 946. The maximum atomic E-state index is 13.0. The predicted molar refractivity (Wildman–Crippen MR) is 98.3 cm³/mol. The molecule has 26 heavy (non-hydrogen) atoms. The number of carbonyl (C=O) groups is 1. The number of halogens is 1. The highest BCUT2D eigenvalue weighted by molar-refractivity contribution is 7.89. The average molecular weight is 395 g/mol. The van der Waals surface area contributed by atoms with Crippen molar-refractivity contribution in [2.45, 2.75) is 17.9 Å². The third-order valence-corrected chi connectivity index (χ3v) is 6.63. The maximum absolute atomic E-state index is 13.0.